The fourth-order valence-electron chi connectivity index (χ4n) is 0.984. The fraction of sp³-hybridized carbons (Fsp3) is 0.889. The van der Waals surface area contributed by atoms with Gasteiger partial charge in [0.05, 0.1) is 0 Å². The highest BCUT2D eigenvalue weighted by molar-refractivity contribution is 7.98. The molecule has 0 saturated heterocycles. The van der Waals surface area contributed by atoms with Gasteiger partial charge >= 0.3 is 0 Å². The topological polar surface area (TPSA) is 20.3 Å². The first-order valence-corrected chi connectivity index (χ1v) is 6.29. The highest BCUT2D eigenvalue weighted by Crippen LogP contribution is 2.09. The number of nitrogens with zero attached hydrogens (tertiary/aromatic N) is 1. The number of carbonyl (C=O) groups excluding carboxylic acids is 1. The smallest absolute Gasteiger partial charge is 0.226 e. The van der Waals surface area contributed by atoms with E-state index in [2.05, 4.69) is 6.92 Å². The lowest BCUT2D eigenvalue weighted by molar-refractivity contribution is -0.134. The van der Waals surface area contributed by atoms with Crippen LogP contribution < -0.4 is 0 Å². The molecule has 2 atom stereocenters. The van der Waals surface area contributed by atoms with Crippen LogP contribution >= 0.6 is 23.4 Å². The van der Waals surface area contributed by atoms with Crippen molar-refractivity contribution in [3.8, 4) is 0 Å². The quantitative estimate of drug-likeness (QED) is 0.666. The van der Waals surface area contributed by atoms with Crippen molar-refractivity contribution in [3.05, 3.63) is 0 Å². The van der Waals surface area contributed by atoms with Crippen LogP contribution in [0.5, 0.6) is 0 Å². The van der Waals surface area contributed by atoms with E-state index >= 15 is 0 Å². The predicted molar refractivity (Wildman–Crippen MR) is 60.5 cm³/mol. The Morgan fingerprint density at radius 3 is 2.46 bits per heavy atom. The number of hydrogen-bond donors (Lipinski definition) is 0. The third kappa shape index (κ3) is 4.23. The van der Waals surface area contributed by atoms with Gasteiger partial charge in [-0.25, -0.2) is 0 Å². The maximum atomic E-state index is 11.6. The van der Waals surface area contributed by atoms with Crippen molar-refractivity contribution in [1.29, 1.82) is 0 Å². The van der Waals surface area contributed by atoms with Gasteiger partial charge in [-0.1, -0.05) is 6.92 Å². The summed E-state index contributed by atoms with van der Waals surface area (Å²) in [4.78, 5) is 13.4. The summed E-state index contributed by atoms with van der Waals surface area (Å²) in [5, 5.41) is 0. The summed E-state index contributed by atoms with van der Waals surface area (Å²) < 4.78 is 0. The van der Waals surface area contributed by atoms with Crippen molar-refractivity contribution in [1.82, 2.24) is 4.90 Å². The number of rotatable bonds is 5. The molecule has 0 fully saturated rings. The maximum Gasteiger partial charge on any atom is 0.226 e. The summed E-state index contributed by atoms with van der Waals surface area (Å²) in [6, 6.07) is 0.285. The maximum absolute atomic E-state index is 11.6. The summed E-state index contributed by atoms with van der Waals surface area (Å²) in [6.45, 7) is 3.91. The molecule has 0 aliphatic carbocycles. The minimum absolute atomic E-state index is 0.0732. The fourth-order valence-corrected chi connectivity index (χ4v) is 1.82. The number of hydrogen-bond acceptors (Lipinski definition) is 2. The van der Waals surface area contributed by atoms with Crippen molar-refractivity contribution in [2.45, 2.75) is 19.9 Å². The second-order valence-electron chi connectivity index (χ2n) is 3.31. The number of amides is 1. The Kier molecular flexibility index (Phi) is 6.60. The lowest BCUT2D eigenvalue weighted by Crippen LogP contribution is -2.40. The highest BCUT2D eigenvalue weighted by Gasteiger charge is 2.20. The van der Waals surface area contributed by atoms with Crippen molar-refractivity contribution in [3.63, 3.8) is 0 Å². The molecule has 0 aromatic carbocycles. The van der Waals surface area contributed by atoms with E-state index in [1.54, 1.807) is 16.7 Å². The Bertz CT molecular complexity index is 166. The monoisotopic (exact) mass is 223 g/mol. The van der Waals surface area contributed by atoms with Gasteiger partial charge in [-0.2, -0.15) is 11.8 Å². The molecule has 0 radical (unpaired) electrons. The Labute approximate surface area is 90.0 Å². The lowest BCUT2D eigenvalue weighted by atomic mass is 10.1. The van der Waals surface area contributed by atoms with E-state index in [0.717, 1.165) is 5.75 Å². The van der Waals surface area contributed by atoms with Gasteiger partial charge in [-0.15, -0.1) is 11.6 Å². The van der Waals surface area contributed by atoms with Crippen LogP contribution in [0, 0.1) is 5.92 Å². The first-order valence-electron chi connectivity index (χ1n) is 4.36. The molecule has 0 bridgehead atoms. The van der Waals surface area contributed by atoms with Crippen molar-refractivity contribution < 1.29 is 4.79 Å². The molecule has 13 heavy (non-hydrogen) atoms. The minimum Gasteiger partial charge on any atom is -0.342 e. The van der Waals surface area contributed by atoms with Gasteiger partial charge in [-0.05, 0) is 13.2 Å². The minimum atomic E-state index is -0.0732. The zero-order valence-corrected chi connectivity index (χ0v) is 10.3. The molecule has 0 aromatic rings. The van der Waals surface area contributed by atoms with Crippen molar-refractivity contribution >= 4 is 29.3 Å². The molecule has 78 valence electrons. The van der Waals surface area contributed by atoms with Gasteiger partial charge in [0.15, 0.2) is 0 Å². The molecule has 0 saturated carbocycles. The van der Waals surface area contributed by atoms with Gasteiger partial charge in [-0.3, -0.25) is 4.79 Å². The second kappa shape index (κ2) is 6.55. The standard InChI is InChI=1S/C9H18ClNOS/c1-7(5-10)9(12)11(3)8(2)6-13-4/h7-8H,5-6H2,1-4H3. The second-order valence-corrected chi connectivity index (χ2v) is 4.53. The van der Waals surface area contributed by atoms with Crippen LogP contribution in [0.25, 0.3) is 0 Å². The molecule has 2 unspecified atom stereocenters. The first-order chi connectivity index (χ1) is 6.04. The average molecular weight is 224 g/mol. The molecule has 4 heteroatoms. The lowest BCUT2D eigenvalue weighted by Gasteiger charge is -2.26. The van der Waals surface area contributed by atoms with E-state index < -0.39 is 0 Å². The van der Waals surface area contributed by atoms with Gasteiger partial charge in [0.1, 0.15) is 0 Å². The summed E-state index contributed by atoms with van der Waals surface area (Å²) in [5.74, 6) is 1.43. The molecule has 0 heterocycles. The van der Waals surface area contributed by atoms with Crippen LogP contribution in [0.3, 0.4) is 0 Å². The Morgan fingerprint density at radius 2 is 2.08 bits per heavy atom. The molecular formula is C9H18ClNOS. The summed E-state index contributed by atoms with van der Waals surface area (Å²) >= 11 is 7.37. The Balaban J connectivity index is 4.08. The molecule has 1 amide bonds. The van der Waals surface area contributed by atoms with Crippen LogP contribution in [0.4, 0.5) is 0 Å². The highest BCUT2D eigenvalue weighted by atomic mass is 35.5. The van der Waals surface area contributed by atoms with Gasteiger partial charge in [0.2, 0.25) is 5.91 Å². The van der Waals surface area contributed by atoms with Crippen molar-refractivity contribution in [2.24, 2.45) is 5.92 Å². The van der Waals surface area contributed by atoms with E-state index in [1.165, 1.54) is 0 Å². The molecule has 0 aliphatic rings. The van der Waals surface area contributed by atoms with Crippen LogP contribution in [-0.4, -0.2) is 41.8 Å². The average Bonchev–Trinajstić information content (AvgIpc) is 2.14. The van der Waals surface area contributed by atoms with E-state index in [4.69, 9.17) is 11.6 Å². The molecule has 2 nitrogen and oxygen atoms in total. The molecular weight excluding hydrogens is 206 g/mol. The third-order valence-corrected chi connectivity index (χ3v) is 3.35. The van der Waals surface area contributed by atoms with Crippen LogP contribution in [0.1, 0.15) is 13.8 Å². The normalized spacial score (nSPS) is 15.2. The van der Waals surface area contributed by atoms with E-state index in [0.29, 0.717) is 5.88 Å². The molecule has 0 aromatic heterocycles. The van der Waals surface area contributed by atoms with E-state index in [9.17, 15) is 4.79 Å². The summed E-state index contributed by atoms with van der Waals surface area (Å²) in [5.41, 5.74) is 0. The molecule has 0 rings (SSSR count). The zero-order chi connectivity index (χ0) is 10.4. The number of thioether (sulfide) groups is 1. The first kappa shape index (κ1) is 13.1. The van der Waals surface area contributed by atoms with E-state index in [1.807, 2.05) is 20.2 Å². The predicted octanol–water partition coefficient (Wildman–Crippen LogP) is 2.07. The zero-order valence-electron chi connectivity index (χ0n) is 8.71. The van der Waals surface area contributed by atoms with E-state index in [-0.39, 0.29) is 17.9 Å². The number of halogens is 1. The number of alkyl halides is 1. The summed E-state index contributed by atoms with van der Waals surface area (Å²) in [7, 11) is 1.84. The number of carbonyl (C=O) groups is 1. The molecule has 0 N–H and O–H groups in total. The largest absolute Gasteiger partial charge is 0.342 e. The van der Waals surface area contributed by atoms with Crippen LogP contribution in [0.15, 0.2) is 0 Å². The molecule has 0 aliphatic heterocycles. The Morgan fingerprint density at radius 1 is 1.54 bits per heavy atom. The van der Waals surface area contributed by atoms with Crippen LogP contribution in [-0.2, 0) is 4.79 Å². The van der Waals surface area contributed by atoms with Gasteiger partial charge in [0, 0.05) is 30.6 Å². The van der Waals surface area contributed by atoms with Crippen LogP contribution in [0.2, 0.25) is 0 Å². The molecule has 0 spiro atoms. The van der Waals surface area contributed by atoms with Gasteiger partial charge < -0.3 is 4.90 Å². The Hall–Kier alpha value is 0.110. The van der Waals surface area contributed by atoms with Crippen molar-refractivity contribution in [2.75, 3.05) is 24.9 Å². The van der Waals surface area contributed by atoms with Gasteiger partial charge in [0.25, 0.3) is 0 Å². The SMILES string of the molecule is CSCC(C)N(C)C(=O)C(C)CCl. The third-order valence-electron chi connectivity index (χ3n) is 2.07. The summed E-state index contributed by atoms with van der Waals surface area (Å²) in [6.07, 6.45) is 2.04.